The van der Waals surface area contributed by atoms with E-state index in [2.05, 4.69) is 15.0 Å². The van der Waals surface area contributed by atoms with E-state index in [1.165, 1.54) is 31.4 Å². The number of pyridine rings is 1. The molecule has 3 N–H and O–H groups in total. The Morgan fingerprint density at radius 1 is 1.11 bits per heavy atom. The second-order valence-corrected chi connectivity index (χ2v) is 7.66. The Kier molecular flexibility index (Phi) is 5.00. The Labute approximate surface area is 156 Å². The molecule has 0 spiro atoms. The minimum absolute atomic E-state index is 0.0610. The topological polar surface area (TPSA) is 108 Å². The van der Waals surface area contributed by atoms with Gasteiger partial charge in [-0.15, -0.1) is 0 Å². The molecule has 0 saturated heterocycles. The molecule has 0 aliphatic rings. The summed E-state index contributed by atoms with van der Waals surface area (Å²) >= 11 is 0. The number of nitrogens with one attached hydrogen (secondary N) is 3. The molecule has 0 fully saturated rings. The van der Waals surface area contributed by atoms with Crippen molar-refractivity contribution in [2.45, 2.75) is 18.2 Å². The molecule has 0 bridgehead atoms. The van der Waals surface area contributed by atoms with E-state index in [1.807, 2.05) is 19.1 Å². The number of aromatic nitrogens is 1. The van der Waals surface area contributed by atoms with Crippen LogP contribution in [0.5, 0.6) is 0 Å². The third kappa shape index (κ3) is 3.70. The van der Waals surface area contributed by atoms with Crippen molar-refractivity contribution in [2.24, 2.45) is 0 Å². The fraction of sp³-hybridized carbons (Fsp3) is 0.158. The Hall–Kier alpha value is -3.13. The molecule has 1 aromatic heterocycles. The van der Waals surface area contributed by atoms with Crippen molar-refractivity contribution in [2.75, 3.05) is 11.8 Å². The minimum Gasteiger partial charge on any atom is -0.360 e. The highest BCUT2D eigenvalue weighted by Gasteiger charge is 2.17. The highest BCUT2D eigenvalue weighted by Crippen LogP contribution is 2.20. The van der Waals surface area contributed by atoms with Crippen LogP contribution in [0.25, 0.3) is 10.9 Å². The Bertz CT molecular complexity index is 1170. The second-order valence-electron chi connectivity index (χ2n) is 5.97. The van der Waals surface area contributed by atoms with Crippen molar-refractivity contribution < 1.29 is 13.2 Å². The fourth-order valence-electron chi connectivity index (χ4n) is 2.69. The number of amides is 1. The van der Waals surface area contributed by atoms with E-state index >= 15 is 0 Å². The molecular formula is C19H19N3O4S. The maximum absolute atomic E-state index is 12.7. The maximum Gasteiger partial charge on any atom is 0.261 e. The minimum atomic E-state index is -3.88. The summed E-state index contributed by atoms with van der Waals surface area (Å²) in [5.74, 6) is -0.541. The van der Waals surface area contributed by atoms with Gasteiger partial charge in [-0.3, -0.25) is 14.3 Å². The zero-order valence-electron chi connectivity index (χ0n) is 14.9. The third-order valence-electron chi connectivity index (χ3n) is 4.25. The van der Waals surface area contributed by atoms with Crippen molar-refractivity contribution in [3.63, 3.8) is 0 Å². The molecule has 27 heavy (non-hydrogen) atoms. The number of carbonyl (C=O) groups is 1. The van der Waals surface area contributed by atoms with Crippen LogP contribution >= 0.6 is 0 Å². The predicted molar refractivity (Wildman–Crippen MR) is 105 cm³/mol. The molecule has 0 radical (unpaired) electrons. The quantitative estimate of drug-likeness (QED) is 0.626. The summed E-state index contributed by atoms with van der Waals surface area (Å²) in [4.78, 5) is 27.1. The number of H-pyrrole nitrogens is 1. The third-order valence-corrected chi connectivity index (χ3v) is 5.63. The SMILES string of the molecule is CCc1ccc(NS(=O)(=O)c2ccc3[nH]cc(C(=O)NC)c(=O)c3c2)cc1. The number of rotatable bonds is 5. The highest BCUT2D eigenvalue weighted by atomic mass is 32.2. The van der Waals surface area contributed by atoms with E-state index in [4.69, 9.17) is 0 Å². The van der Waals surface area contributed by atoms with E-state index in [0.717, 1.165) is 12.0 Å². The van der Waals surface area contributed by atoms with Crippen molar-refractivity contribution in [1.29, 1.82) is 0 Å². The number of sulfonamides is 1. The van der Waals surface area contributed by atoms with Gasteiger partial charge in [0.15, 0.2) is 0 Å². The highest BCUT2D eigenvalue weighted by molar-refractivity contribution is 7.92. The summed E-state index contributed by atoms with van der Waals surface area (Å²) in [7, 11) is -2.47. The van der Waals surface area contributed by atoms with Gasteiger partial charge in [0.25, 0.3) is 15.9 Å². The molecule has 2 aromatic carbocycles. The summed E-state index contributed by atoms with van der Waals surface area (Å²) in [6, 6.07) is 11.2. The smallest absolute Gasteiger partial charge is 0.261 e. The van der Waals surface area contributed by atoms with Crippen LogP contribution < -0.4 is 15.5 Å². The summed E-state index contributed by atoms with van der Waals surface area (Å²) in [5.41, 5.74) is 1.35. The molecule has 0 aliphatic heterocycles. The first kappa shape index (κ1) is 18.7. The van der Waals surface area contributed by atoms with Gasteiger partial charge >= 0.3 is 0 Å². The normalized spacial score (nSPS) is 11.3. The zero-order valence-corrected chi connectivity index (χ0v) is 15.7. The van der Waals surface area contributed by atoms with Crippen LogP contribution in [0.4, 0.5) is 5.69 Å². The predicted octanol–water partition coefficient (Wildman–Crippen LogP) is 2.25. The van der Waals surface area contributed by atoms with Gasteiger partial charge < -0.3 is 10.3 Å². The summed E-state index contributed by atoms with van der Waals surface area (Å²) in [6.07, 6.45) is 2.17. The van der Waals surface area contributed by atoms with Gasteiger partial charge in [-0.25, -0.2) is 8.42 Å². The number of anilines is 1. The van der Waals surface area contributed by atoms with Crippen LogP contribution in [-0.2, 0) is 16.4 Å². The van der Waals surface area contributed by atoms with Gasteiger partial charge in [-0.2, -0.15) is 0 Å². The second kappa shape index (κ2) is 7.24. The van der Waals surface area contributed by atoms with Gasteiger partial charge in [0.2, 0.25) is 5.43 Å². The maximum atomic E-state index is 12.7. The Morgan fingerprint density at radius 3 is 2.44 bits per heavy atom. The number of aromatic amines is 1. The van der Waals surface area contributed by atoms with Crippen molar-refractivity contribution in [3.05, 3.63) is 70.0 Å². The van der Waals surface area contributed by atoms with Gasteiger partial charge in [-0.05, 0) is 42.3 Å². The Balaban J connectivity index is 2.03. The lowest BCUT2D eigenvalue weighted by Gasteiger charge is -2.10. The molecule has 0 atom stereocenters. The number of carbonyl (C=O) groups excluding carboxylic acids is 1. The monoisotopic (exact) mass is 385 g/mol. The average Bonchev–Trinajstić information content (AvgIpc) is 2.68. The van der Waals surface area contributed by atoms with Crippen LogP contribution in [0.2, 0.25) is 0 Å². The lowest BCUT2D eigenvalue weighted by molar-refractivity contribution is 0.0962. The fourth-order valence-corrected chi connectivity index (χ4v) is 3.78. The van der Waals surface area contributed by atoms with Gasteiger partial charge in [0, 0.05) is 29.8 Å². The van der Waals surface area contributed by atoms with Crippen molar-refractivity contribution >= 4 is 32.5 Å². The number of aryl methyl sites for hydroxylation is 1. The Morgan fingerprint density at radius 2 is 1.81 bits per heavy atom. The summed E-state index contributed by atoms with van der Waals surface area (Å²) in [5, 5.41) is 2.51. The number of fused-ring (bicyclic) bond motifs is 1. The lowest BCUT2D eigenvalue weighted by Crippen LogP contribution is -2.25. The van der Waals surface area contributed by atoms with Crippen molar-refractivity contribution in [1.82, 2.24) is 10.3 Å². The lowest BCUT2D eigenvalue weighted by atomic mass is 10.1. The molecule has 3 aromatic rings. The molecule has 7 nitrogen and oxygen atoms in total. The zero-order chi connectivity index (χ0) is 19.6. The summed E-state index contributed by atoms with van der Waals surface area (Å²) in [6.45, 7) is 2.01. The molecule has 0 aliphatic carbocycles. The van der Waals surface area contributed by atoms with Crippen LogP contribution in [0, 0.1) is 0 Å². The van der Waals surface area contributed by atoms with E-state index in [-0.39, 0.29) is 15.8 Å². The molecule has 3 rings (SSSR count). The average molecular weight is 385 g/mol. The molecular weight excluding hydrogens is 366 g/mol. The first-order valence-electron chi connectivity index (χ1n) is 8.35. The van der Waals surface area contributed by atoms with E-state index in [1.54, 1.807) is 12.1 Å². The van der Waals surface area contributed by atoms with Crippen LogP contribution in [0.15, 0.2) is 58.4 Å². The number of hydrogen-bond donors (Lipinski definition) is 3. The molecule has 1 heterocycles. The van der Waals surface area contributed by atoms with E-state index in [0.29, 0.717) is 11.2 Å². The van der Waals surface area contributed by atoms with E-state index in [9.17, 15) is 18.0 Å². The summed E-state index contributed by atoms with van der Waals surface area (Å²) < 4.78 is 27.9. The number of hydrogen-bond acceptors (Lipinski definition) is 4. The number of benzene rings is 2. The molecule has 1 amide bonds. The largest absolute Gasteiger partial charge is 0.360 e. The van der Waals surface area contributed by atoms with Gasteiger partial charge in [0.1, 0.15) is 5.56 Å². The molecule has 0 unspecified atom stereocenters. The van der Waals surface area contributed by atoms with Gasteiger partial charge in [0.05, 0.1) is 4.90 Å². The first-order chi connectivity index (χ1) is 12.9. The molecule has 140 valence electrons. The van der Waals surface area contributed by atoms with Gasteiger partial charge in [-0.1, -0.05) is 19.1 Å². The van der Waals surface area contributed by atoms with Crippen LogP contribution in [-0.4, -0.2) is 26.4 Å². The molecule has 8 heteroatoms. The van der Waals surface area contributed by atoms with E-state index < -0.39 is 21.4 Å². The first-order valence-corrected chi connectivity index (χ1v) is 9.83. The van der Waals surface area contributed by atoms with Crippen LogP contribution in [0.3, 0.4) is 0 Å². The standard InChI is InChI=1S/C19H19N3O4S/c1-3-12-4-6-13(7-5-12)22-27(25,26)14-8-9-17-15(10-14)18(23)16(11-21-17)19(24)20-2/h4-11,22H,3H2,1-2H3,(H,20,24)(H,21,23). The molecule has 0 saturated carbocycles. The van der Waals surface area contributed by atoms with Crippen LogP contribution in [0.1, 0.15) is 22.8 Å². The van der Waals surface area contributed by atoms with Crippen molar-refractivity contribution in [3.8, 4) is 0 Å².